The predicted molar refractivity (Wildman–Crippen MR) is 108 cm³/mol. The fraction of sp³-hybridized carbons (Fsp3) is 0.571. The fourth-order valence-corrected chi connectivity index (χ4v) is 3.78. The van der Waals surface area contributed by atoms with Gasteiger partial charge in [0.25, 0.3) is 5.91 Å². The molecular formula is C21H29N3O5. The number of benzene rings is 1. The van der Waals surface area contributed by atoms with Crippen molar-refractivity contribution in [2.24, 2.45) is 11.8 Å². The highest BCUT2D eigenvalue weighted by Crippen LogP contribution is 2.29. The molecule has 158 valence electrons. The first-order chi connectivity index (χ1) is 13.9. The van der Waals surface area contributed by atoms with Crippen LogP contribution >= 0.6 is 0 Å². The van der Waals surface area contributed by atoms with E-state index in [1.54, 1.807) is 25.2 Å². The van der Waals surface area contributed by atoms with E-state index < -0.39 is 11.9 Å². The number of carboxylic acids is 1. The number of likely N-dealkylation sites (N-methyl/N-ethyl adjacent to an activating group) is 1. The average molecular weight is 403 g/mol. The molecule has 2 heterocycles. The van der Waals surface area contributed by atoms with Crippen LogP contribution in [0, 0.1) is 11.8 Å². The van der Waals surface area contributed by atoms with Crippen molar-refractivity contribution in [3.63, 3.8) is 0 Å². The molecule has 0 saturated carbocycles. The molecule has 2 amide bonds. The van der Waals surface area contributed by atoms with E-state index in [-0.39, 0.29) is 24.9 Å². The van der Waals surface area contributed by atoms with Crippen LogP contribution in [0.4, 0.5) is 5.69 Å². The first kappa shape index (κ1) is 21.1. The molecule has 1 saturated heterocycles. The predicted octanol–water partition coefficient (Wildman–Crippen LogP) is 1.59. The van der Waals surface area contributed by atoms with Crippen LogP contribution in [0.1, 0.15) is 36.5 Å². The molecule has 8 heteroatoms. The molecule has 2 aliphatic heterocycles. The highest BCUT2D eigenvalue weighted by molar-refractivity contribution is 6.09. The summed E-state index contributed by atoms with van der Waals surface area (Å²) >= 11 is 0. The molecule has 1 unspecified atom stereocenters. The summed E-state index contributed by atoms with van der Waals surface area (Å²) in [6, 6.07) is 5.15. The Labute approximate surface area is 170 Å². The van der Waals surface area contributed by atoms with Crippen LogP contribution in [0.15, 0.2) is 18.2 Å². The van der Waals surface area contributed by atoms with Crippen molar-refractivity contribution in [2.75, 3.05) is 44.7 Å². The average Bonchev–Trinajstić information content (AvgIpc) is 2.80. The van der Waals surface area contributed by atoms with Gasteiger partial charge >= 0.3 is 5.97 Å². The third kappa shape index (κ3) is 5.06. The van der Waals surface area contributed by atoms with Crippen molar-refractivity contribution in [1.29, 1.82) is 0 Å². The number of nitrogens with zero attached hydrogens (tertiary/aromatic N) is 2. The van der Waals surface area contributed by atoms with E-state index >= 15 is 0 Å². The zero-order valence-electron chi connectivity index (χ0n) is 17.0. The number of nitrogens with one attached hydrogen (secondary N) is 1. The number of carboxylic acid groups (broad SMARTS) is 1. The summed E-state index contributed by atoms with van der Waals surface area (Å²) in [5.41, 5.74) is 0.867. The highest BCUT2D eigenvalue weighted by Gasteiger charge is 2.32. The summed E-state index contributed by atoms with van der Waals surface area (Å²) in [7, 11) is 1.62. The summed E-state index contributed by atoms with van der Waals surface area (Å²) < 4.78 is 5.89. The molecule has 1 atom stereocenters. The van der Waals surface area contributed by atoms with Gasteiger partial charge in [-0.05, 0) is 56.5 Å². The van der Waals surface area contributed by atoms with E-state index in [9.17, 15) is 19.5 Å². The van der Waals surface area contributed by atoms with Gasteiger partial charge in [0.2, 0.25) is 5.91 Å². The van der Waals surface area contributed by atoms with Gasteiger partial charge in [0.15, 0.2) is 0 Å². The Morgan fingerprint density at radius 3 is 2.72 bits per heavy atom. The molecule has 0 aromatic heterocycles. The van der Waals surface area contributed by atoms with Gasteiger partial charge in [-0.15, -0.1) is 0 Å². The number of carbonyl (C=O) groups is 3. The molecule has 0 aliphatic carbocycles. The van der Waals surface area contributed by atoms with Crippen LogP contribution in [-0.2, 0) is 9.59 Å². The number of carbonyl (C=O) groups excluding carboxylic acids is 2. The lowest BCUT2D eigenvalue weighted by Crippen LogP contribution is -2.41. The van der Waals surface area contributed by atoms with Crippen molar-refractivity contribution in [2.45, 2.75) is 26.2 Å². The molecule has 1 aromatic rings. The Kier molecular flexibility index (Phi) is 6.74. The number of amides is 2. The molecule has 29 heavy (non-hydrogen) atoms. The van der Waals surface area contributed by atoms with Gasteiger partial charge in [-0.2, -0.15) is 0 Å². The van der Waals surface area contributed by atoms with Gasteiger partial charge in [-0.3, -0.25) is 14.4 Å². The quantitative estimate of drug-likeness (QED) is 0.717. The van der Waals surface area contributed by atoms with Gasteiger partial charge in [-0.1, -0.05) is 6.92 Å². The lowest BCUT2D eigenvalue weighted by molar-refractivity contribution is -0.141. The van der Waals surface area contributed by atoms with E-state index in [4.69, 9.17) is 4.74 Å². The van der Waals surface area contributed by atoms with E-state index in [0.29, 0.717) is 29.5 Å². The SMILES string of the molecule is CC(CN1CC(=O)N(C)c2ccc(OCCC3CCNCC3)cc2C1=O)C(=O)O. The number of ether oxygens (including phenoxy) is 1. The van der Waals surface area contributed by atoms with E-state index in [1.165, 1.54) is 16.7 Å². The second-order valence-electron chi connectivity index (χ2n) is 7.89. The topological polar surface area (TPSA) is 99.2 Å². The minimum atomic E-state index is -1.00. The molecule has 2 aliphatic rings. The number of rotatable bonds is 7. The highest BCUT2D eigenvalue weighted by atomic mass is 16.5. The van der Waals surface area contributed by atoms with Crippen molar-refractivity contribution in [3.05, 3.63) is 23.8 Å². The van der Waals surface area contributed by atoms with Crippen LogP contribution in [0.2, 0.25) is 0 Å². The Hall–Kier alpha value is -2.61. The van der Waals surface area contributed by atoms with Crippen molar-refractivity contribution in [1.82, 2.24) is 10.2 Å². The monoisotopic (exact) mass is 403 g/mol. The van der Waals surface area contributed by atoms with Gasteiger partial charge < -0.3 is 25.0 Å². The van der Waals surface area contributed by atoms with Crippen molar-refractivity contribution >= 4 is 23.5 Å². The molecule has 1 fully saturated rings. The van der Waals surface area contributed by atoms with Crippen LogP contribution in [-0.4, -0.2) is 67.6 Å². The Balaban J connectivity index is 1.74. The fourth-order valence-electron chi connectivity index (χ4n) is 3.78. The maximum atomic E-state index is 13.1. The number of hydrogen-bond acceptors (Lipinski definition) is 5. The zero-order valence-corrected chi connectivity index (χ0v) is 17.0. The molecular weight excluding hydrogens is 374 g/mol. The van der Waals surface area contributed by atoms with E-state index in [0.717, 1.165) is 32.4 Å². The molecule has 0 radical (unpaired) electrons. The molecule has 2 N–H and O–H groups in total. The molecule has 0 spiro atoms. The minimum Gasteiger partial charge on any atom is -0.494 e. The van der Waals surface area contributed by atoms with Crippen LogP contribution in [0.25, 0.3) is 0 Å². The lowest BCUT2D eigenvalue weighted by atomic mass is 9.95. The van der Waals surface area contributed by atoms with E-state index in [1.807, 2.05) is 0 Å². The Morgan fingerprint density at radius 1 is 1.31 bits per heavy atom. The van der Waals surface area contributed by atoms with Crippen LogP contribution in [0.5, 0.6) is 5.75 Å². The second kappa shape index (κ2) is 9.26. The molecule has 1 aromatic carbocycles. The normalized spacial score (nSPS) is 19.0. The van der Waals surface area contributed by atoms with E-state index in [2.05, 4.69) is 5.32 Å². The third-order valence-electron chi connectivity index (χ3n) is 5.72. The standard InChI is InChI=1S/C21H29N3O5/c1-14(21(27)28)12-24-13-19(25)23(2)18-4-3-16(11-17(18)20(24)26)29-10-7-15-5-8-22-9-6-15/h3-4,11,14-15,22H,5-10,12-13H2,1-2H3,(H,27,28). The summed E-state index contributed by atoms with van der Waals surface area (Å²) in [5, 5.41) is 12.5. The summed E-state index contributed by atoms with van der Waals surface area (Å²) in [5.74, 6) is -1.14. The summed E-state index contributed by atoms with van der Waals surface area (Å²) in [6.07, 6.45) is 3.26. The Morgan fingerprint density at radius 2 is 2.03 bits per heavy atom. The van der Waals surface area contributed by atoms with Crippen molar-refractivity contribution in [3.8, 4) is 5.75 Å². The maximum absolute atomic E-state index is 13.1. The molecule has 8 nitrogen and oxygen atoms in total. The number of fused-ring (bicyclic) bond motifs is 1. The largest absolute Gasteiger partial charge is 0.494 e. The summed E-state index contributed by atoms with van der Waals surface area (Å²) in [4.78, 5) is 39.5. The van der Waals surface area contributed by atoms with Crippen LogP contribution in [0.3, 0.4) is 0 Å². The number of anilines is 1. The van der Waals surface area contributed by atoms with Crippen molar-refractivity contribution < 1.29 is 24.2 Å². The Bertz CT molecular complexity index is 776. The first-order valence-corrected chi connectivity index (χ1v) is 10.1. The van der Waals surface area contributed by atoms with Gasteiger partial charge in [-0.25, -0.2) is 0 Å². The zero-order chi connectivity index (χ0) is 21.0. The molecule has 3 rings (SSSR count). The maximum Gasteiger partial charge on any atom is 0.308 e. The molecule has 0 bridgehead atoms. The lowest BCUT2D eigenvalue weighted by Gasteiger charge is -2.23. The number of piperidine rings is 1. The second-order valence-corrected chi connectivity index (χ2v) is 7.89. The summed E-state index contributed by atoms with van der Waals surface area (Å²) in [6.45, 7) is 4.02. The number of aliphatic carboxylic acids is 1. The van der Waals surface area contributed by atoms with Gasteiger partial charge in [0.1, 0.15) is 12.3 Å². The first-order valence-electron chi connectivity index (χ1n) is 10.1. The third-order valence-corrected chi connectivity index (χ3v) is 5.72. The minimum absolute atomic E-state index is 0.0199. The smallest absolute Gasteiger partial charge is 0.308 e. The van der Waals surface area contributed by atoms with Crippen LogP contribution < -0.4 is 15.0 Å². The number of hydrogen-bond donors (Lipinski definition) is 2. The van der Waals surface area contributed by atoms with Gasteiger partial charge in [0, 0.05) is 13.6 Å². The van der Waals surface area contributed by atoms with Gasteiger partial charge in [0.05, 0.1) is 23.8 Å².